The first-order valence-corrected chi connectivity index (χ1v) is 16.9. The number of nitrogens with zero attached hydrogens (tertiary/aromatic N) is 3. The molecule has 0 saturated carbocycles. The van der Waals surface area contributed by atoms with Gasteiger partial charge >= 0.3 is 11.9 Å². The topological polar surface area (TPSA) is 92.5 Å². The molecule has 1 aromatic carbocycles. The van der Waals surface area contributed by atoms with Gasteiger partial charge in [-0.15, -0.1) is 5.10 Å². The van der Waals surface area contributed by atoms with Crippen molar-refractivity contribution in [1.82, 2.24) is 15.0 Å². The Morgan fingerprint density at radius 2 is 1.64 bits per heavy atom. The van der Waals surface area contributed by atoms with E-state index in [1.54, 1.807) is 6.92 Å². The van der Waals surface area contributed by atoms with Crippen LogP contribution in [0, 0.1) is 31.6 Å². The van der Waals surface area contributed by atoms with Gasteiger partial charge in [-0.1, -0.05) is 77.9 Å². The van der Waals surface area contributed by atoms with Crippen molar-refractivity contribution in [1.29, 1.82) is 0 Å². The van der Waals surface area contributed by atoms with E-state index in [0.717, 1.165) is 71.4 Å². The maximum atomic E-state index is 12.5. The van der Waals surface area contributed by atoms with Gasteiger partial charge in [-0.2, -0.15) is 0 Å². The molecule has 8 heteroatoms. The van der Waals surface area contributed by atoms with Crippen LogP contribution in [0.15, 0.2) is 6.20 Å². The van der Waals surface area contributed by atoms with E-state index in [1.807, 2.05) is 13.8 Å². The van der Waals surface area contributed by atoms with Crippen LogP contribution in [-0.2, 0) is 22.5 Å². The third-order valence-corrected chi connectivity index (χ3v) is 9.34. The molecule has 1 aliphatic rings. The monoisotopic (exact) mass is 611 g/mol. The molecule has 44 heavy (non-hydrogen) atoms. The Balaban J connectivity index is 1.68. The van der Waals surface area contributed by atoms with Crippen LogP contribution in [0.3, 0.4) is 0 Å². The number of benzene rings is 1. The Kier molecular flexibility index (Phi) is 13.3. The van der Waals surface area contributed by atoms with Gasteiger partial charge in [0.2, 0.25) is 0 Å². The maximum Gasteiger partial charge on any atom is 0.358 e. The van der Waals surface area contributed by atoms with Crippen molar-refractivity contribution in [3.63, 3.8) is 0 Å². The highest BCUT2D eigenvalue weighted by molar-refractivity contribution is 5.87. The number of carbonyl (C=O) groups is 2. The summed E-state index contributed by atoms with van der Waals surface area (Å²) < 4.78 is 19.3. The third kappa shape index (κ3) is 9.80. The van der Waals surface area contributed by atoms with Crippen molar-refractivity contribution in [2.45, 2.75) is 145 Å². The van der Waals surface area contributed by atoms with E-state index in [-0.39, 0.29) is 24.4 Å². The highest BCUT2D eigenvalue weighted by atomic mass is 16.5. The summed E-state index contributed by atoms with van der Waals surface area (Å²) in [5.41, 5.74) is 3.61. The van der Waals surface area contributed by atoms with Crippen LogP contribution in [0.2, 0.25) is 0 Å². The number of hydrogen-bond donors (Lipinski definition) is 0. The number of ether oxygens (including phenoxy) is 3. The molecule has 1 aliphatic heterocycles. The molecular formula is C36H57N3O5. The van der Waals surface area contributed by atoms with Gasteiger partial charge in [0.1, 0.15) is 17.1 Å². The predicted molar refractivity (Wildman–Crippen MR) is 174 cm³/mol. The van der Waals surface area contributed by atoms with Gasteiger partial charge in [0.05, 0.1) is 19.3 Å². The number of esters is 2. The van der Waals surface area contributed by atoms with Gasteiger partial charge in [0.25, 0.3) is 0 Å². The lowest BCUT2D eigenvalue weighted by molar-refractivity contribution is -0.132. The fraction of sp³-hybridized carbons (Fsp3) is 0.722. The number of carbonyl (C=O) groups excluding carboxylic acids is 2. The van der Waals surface area contributed by atoms with E-state index in [2.05, 4.69) is 44.9 Å². The average Bonchev–Trinajstić information content (AvgIpc) is 3.42. The highest BCUT2D eigenvalue weighted by Crippen LogP contribution is 2.45. The Bertz CT molecular complexity index is 1250. The Hall–Kier alpha value is -2.90. The maximum absolute atomic E-state index is 12.5. The molecule has 0 aliphatic carbocycles. The van der Waals surface area contributed by atoms with Gasteiger partial charge in [-0.05, 0) is 82.3 Å². The van der Waals surface area contributed by atoms with Gasteiger partial charge in [0.15, 0.2) is 5.69 Å². The van der Waals surface area contributed by atoms with E-state index >= 15 is 0 Å². The number of fused-ring (bicyclic) bond motifs is 1. The zero-order valence-electron chi connectivity index (χ0n) is 28.9. The molecule has 0 radical (unpaired) electrons. The van der Waals surface area contributed by atoms with Crippen molar-refractivity contribution in [2.75, 3.05) is 6.61 Å². The summed E-state index contributed by atoms with van der Waals surface area (Å²) in [7, 11) is 0. The molecule has 2 heterocycles. The normalized spacial score (nSPS) is 17.6. The second-order valence-electron chi connectivity index (χ2n) is 13.9. The van der Waals surface area contributed by atoms with E-state index < -0.39 is 11.9 Å². The van der Waals surface area contributed by atoms with Gasteiger partial charge < -0.3 is 14.2 Å². The number of hydrogen-bond acceptors (Lipinski definition) is 7. The van der Waals surface area contributed by atoms with Crippen molar-refractivity contribution >= 4 is 11.9 Å². The summed E-state index contributed by atoms with van der Waals surface area (Å²) >= 11 is 0. The standard InChI is InChI=1S/C36H57N3O5/c1-10-42-35(41)32-22-37-38-39(32)23-31-30-19-21-36(9,44-34(30)28(7)27(6)33(31)43-29(8)40)20-13-18-26(5)17-12-16-25(4)15-11-14-24(2)3/h22,24-26H,10-21,23H2,1-9H3. The van der Waals surface area contributed by atoms with Crippen LogP contribution in [0.5, 0.6) is 11.5 Å². The molecule has 8 nitrogen and oxygen atoms in total. The van der Waals surface area contributed by atoms with Crippen LogP contribution < -0.4 is 9.47 Å². The fourth-order valence-electron chi connectivity index (χ4n) is 6.47. The summed E-state index contributed by atoms with van der Waals surface area (Å²) in [6.07, 6.45) is 14.4. The summed E-state index contributed by atoms with van der Waals surface area (Å²) in [6, 6.07) is 0. The number of aromatic nitrogens is 3. The van der Waals surface area contributed by atoms with Crippen molar-refractivity contribution < 1.29 is 23.8 Å². The Morgan fingerprint density at radius 3 is 2.25 bits per heavy atom. The van der Waals surface area contributed by atoms with Gasteiger partial charge in [-0.3, -0.25) is 4.79 Å². The molecule has 0 saturated heterocycles. The van der Waals surface area contributed by atoms with Gasteiger partial charge in [-0.25, -0.2) is 9.48 Å². The molecule has 0 bridgehead atoms. The fourth-order valence-corrected chi connectivity index (χ4v) is 6.47. The molecule has 3 atom stereocenters. The quantitative estimate of drug-likeness (QED) is 0.131. The van der Waals surface area contributed by atoms with Crippen molar-refractivity contribution in [3.05, 3.63) is 34.1 Å². The molecule has 3 rings (SSSR count). The van der Waals surface area contributed by atoms with E-state index in [0.29, 0.717) is 5.75 Å². The second-order valence-corrected chi connectivity index (χ2v) is 13.9. The average molecular weight is 612 g/mol. The van der Waals surface area contributed by atoms with E-state index in [4.69, 9.17) is 14.2 Å². The highest BCUT2D eigenvalue weighted by Gasteiger charge is 2.36. The molecule has 0 N–H and O–H groups in total. The Labute approximate surface area is 265 Å². The van der Waals surface area contributed by atoms with E-state index in [9.17, 15) is 9.59 Å². The van der Waals surface area contributed by atoms with Gasteiger partial charge in [0, 0.05) is 18.1 Å². The predicted octanol–water partition coefficient (Wildman–Crippen LogP) is 8.57. The lowest BCUT2D eigenvalue weighted by atomic mass is 9.83. The summed E-state index contributed by atoms with van der Waals surface area (Å²) in [5.74, 6) is 2.84. The van der Waals surface area contributed by atoms with Crippen LogP contribution in [0.4, 0.5) is 0 Å². The molecule has 246 valence electrons. The van der Waals surface area contributed by atoms with E-state index in [1.165, 1.54) is 62.7 Å². The Morgan fingerprint density at radius 1 is 1.00 bits per heavy atom. The number of rotatable bonds is 17. The molecule has 0 amide bonds. The molecule has 1 aromatic heterocycles. The van der Waals surface area contributed by atoms with Crippen molar-refractivity contribution in [3.8, 4) is 11.5 Å². The molecule has 0 fully saturated rings. The summed E-state index contributed by atoms with van der Waals surface area (Å²) in [6.45, 7) is 19.3. The van der Waals surface area contributed by atoms with Crippen LogP contribution >= 0.6 is 0 Å². The summed E-state index contributed by atoms with van der Waals surface area (Å²) in [4.78, 5) is 24.7. The molecular weight excluding hydrogens is 554 g/mol. The smallest absolute Gasteiger partial charge is 0.358 e. The van der Waals surface area contributed by atoms with Crippen LogP contribution in [-0.4, -0.2) is 39.1 Å². The lowest BCUT2D eigenvalue weighted by Gasteiger charge is -2.38. The molecule has 0 spiro atoms. The zero-order valence-corrected chi connectivity index (χ0v) is 28.9. The first kappa shape index (κ1) is 35.6. The van der Waals surface area contributed by atoms with Crippen LogP contribution in [0.25, 0.3) is 0 Å². The first-order chi connectivity index (χ1) is 20.8. The third-order valence-electron chi connectivity index (χ3n) is 9.34. The second kappa shape index (κ2) is 16.4. The molecule has 3 unspecified atom stereocenters. The SMILES string of the molecule is CCOC(=O)c1cnnn1Cc1c2c(c(C)c(C)c1OC(C)=O)OC(C)(CCCC(C)CCCC(C)CCCC(C)C)CC2. The first-order valence-electron chi connectivity index (χ1n) is 16.9. The minimum Gasteiger partial charge on any atom is -0.487 e. The van der Waals surface area contributed by atoms with Crippen molar-refractivity contribution in [2.24, 2.45) is 17.8 Å². The summed E-state index contributed by atoms with van der Waals surface area (Å²) in [5, 5.41) is 8.11. The van der Waals surface area contributed by atoms with Crippen LogP contribution in [0.1, 0.15) is 145 Å². The molecule has 2 aromatic rings. The zero-order chi connectivity index (χ0) is 32.4. The lowest BCUT2D eigenvalue weighted by Crippen LogP contribution is -2.37. The largest absolute Gasteiger partial charge is 0.487 e. The minimum absolute atomic E-state index is 0.216. The minimum atomic E-state index is -0.488.